The first-order chi connectivity index (χ1) is 9.61. The lowest BCUT2D eigenvalue weighted by atomic mass is 9.96. The van der Waals surface area contributed by atoms with Gasteiger partial charge < -0.3 is 15.6 Å². The van der Waals surface area contributed by atoms with Gasteiger partial charge in [0.15, 0.2) is 0 Å². The maximum atomic E-state index is 10.6. The van der Waals surface area contributed by atoms with E-state index in [1.165, 1.54) is 0 Å². The molecule has 0 radical (unpaired) electrons. The molecule has 2 rings (SSSR count). The number of carboxylic acid groups (broad SMARTS) is 1. The molecule has 20 heavy (non-hydrogen) atoms. The molecular formula is C16H19NO3. The standard InChI is InChI=1S/C16H19NO3/c1-20-15-8-6-11-4-2-3-5-13(11)14(15)10-12(17)7-9-16(18)19/h2-6,8,12H,7,9-10,17H2,1H3,(H,18,19). The van der Waals surface area contributed by atoms with Gasteiger partial charge in [-0.25, -0.2) is 0 Å². The van der Waals surface area contributed by atoms with Crippen molar-refractivity contribution in [3.8, 4) is 5.75 Å². The molecule has 0 bridgehead atoms. The summed E-state index contributed by atoms with van der Waals surface area (Å²) in [6.45, 7) is 0. The normalized spacial score (nSPS) is 12.3. The Labute approximate surface area is 118 Å². The van der Waals surface area contributed by atoms with Crippen LogP contribution in [0.4, 0.5) is 0 Å². The minimum atomic E-state index is -0.815. The molecule has 0 fully saturated rings. The van der Waals surface area contributed by atoms with Crippen molar-refractivity contribution in [3.63, 3.8) is 0 Å². The fourth-order valence-corrected chi connectivity index (χ4v) is 2.39. The van der Waals surface area contributed by atoms with E-state index in [1.54, 1.807) is 7.11 Å². The highest BCUT2D eigenvalue weighted by Gasteiger charge is 2.13. The summed E-state index contributed by atoms with van der Waals surface area (Å²) >= 11 is 0. The van der Waals surface area contributed by atoms with E-state index in [-0.39, 0.29) is 12.5 Å². The highest BCUT2D eigenvalue weighted by Crippen LogP contribution is 2.29. The van der Waals surface area contributed by atoms with E-state index in [0.29, 0.717) is 12.8 Å². The van der Waals surface area contributed by atoms with Crippen molar-refractivity contribution in [2.24, 2.45) is 5.73 Å². The number of hydrogen-bond donors (Lipinski definition) is 2. The van der Waals surface area contributed by atoms with Crippen molar-refractivity contribution in [3.05, 3.63) is 42.0 Å². The number of nitrogens with two attached hydrogens (primary N) is 1. The number of carboxylic acids is 1. The molecule has 0 aliphatic heterocycles. The van der Waals surface area contributed by atoms with Gasteiger partial charge in [-0.2, -0.15) is 0 Å². The molecule has 2 aromatic rings. The van der Waals surface area contributed by atoms with E-state index in [0.717, 1.165) is 22.1 Å². The average molecular weight is 273 g/mol. The van der Waals surface area contributed by atoms with Gasteiger partial charge in [0.05, 0.1) is 7.11 Å². The molecule has 0 aliphatic rings. The van der Waals surface area contributed by atoms with Gasteiger partial charge >= 0.3 is 5.97 Å². The van der Waals surface area contributed by atoms with Gasteiger partial charge in [0.2, 0.25) is 0 Å². The molecule has 4 heteroatoms. The first kappa shape index (κ1) is 14.3. The zero-order valence-electron chi connectivity index (χ0n) is 11.5. The first-order valence-electron chi connectivity index (χ1n) is 6.64. The molecule has 0 saturated carbocycles. The van der Waals surface area contributed by atoms with Crippen molar-refractivity contribution in [2.75, 3.05) is 7.11 Å². The van der Waals surface area contributed by atoms with Crippen LogP contribution in [0.5, 0.6) is 5.75 Å². The minimum Gasteiger partial charge on any atom is -0.496 e. The fourth-order valence-electron chi connectivity index (χ4n) is 2.39. The van der Waals surface area contributed by atoms with E-state index < -0.39 is 5.97 Å². The van der Waals surface area contributed by atoms with Crippen molar-refractivity contribution in [1.29, 1.82) is 0 Å². The van der Waals surface area contributed by atoms with E-state index in [9.17, 15) is 4.79 Å². The van der Waals surface area contributed by atoms with Crippen LogP contribution < -0.4 is 10.5 Å². The molecule has 0 aromatic heterocycles. The SMILES string of the molecule is COc1ccc2ccccc2c1CC(N)CCC(=O)O. The number of aliphatic carboxylic acids is 1. The van der Waals surface area contributed by atoms with Crippen LogP contribution >= 0.6 is 0 Å². The molecular weight excluding hydrogens is 254 g/mol. The highest BCUT2D eigenvalue weighted by atomic mass is 16.5. The average Bonchev–Trinajstić information content (AvgIpc) is 2.45. The summed E-state index contributed by atoms with van der Waals surface area (Å²) in [6, 6.07) is 11.8. The summed E-state index contributed by atoms with van der Waals surface area (Å²) in [5.74, 6) is -0.0141. The summed E-state index contributed by atoms with van der Waals surface area (Å²) in [6.07, 6.45) is 1.16. The molecule has 0 aliphatic carbocycles. The molecule has 4 nitrogen and oxygen atoms in total. The lowest BCUT2D eigenvalue weighted by Crippen LogP contribution is -2.24. The van der Waals surface area contributed by atoms with Crippen molar-refractivity contribution in [1.82, 2.24) is 0 Å². The molecule has 106 valence electrons. The molecule has 0 saturated heterocycles. The Morgan fingerprint density at radius 3 is 2.75 bits per heavy atom. The van der Waals surface area contributed by atoms with Crippen molar-refractivity contribution in [2.45, 2.75) is 25.3 Å². The second kappa shape index (κ2) is 6.39. The van der Waals surface area contributed by atoms with E-state index >= 15 is 0 Å². The number of rotatable bonds is 6. The first-order valence-corrected chi connectivity index (χ1v) is 6.64. The summed E-state index contributed by atoms with van der Waals surface area (Å²) in [7, 11) is 1.64. The third-order valence-corrected chi connectivity index (χ3v) is 3.41. The molecule has 0 heterocycles. The quantitative estimate of drug-likeness (QED) is 0.848. The Hall–Kier alpha value is -2.07. The number of benzene rings is 2. The monoisotopic (exact) mass is 273 g/mol. The maximum absolute atomic E-state index is 10.6. The van der Waals surface area contributed by atoms with E-state index in [4.69, 9.17) is 15.6 Å². The van der Waals surface area contributed by atoms with Gasteiger partial charge in [0, 0.05) is 18.0 Å². The molecule has 0 spiro atoms. The third kappa shape index (κ3) is 3.27. The zero-order valence-corrected chi connectivity index (χ0v) is 11.5. The lowest BCUT2D eigenvalue weighted by Gasteiger charge is -2.16. The number of hydrogen-bond acceptors (Lipinski definition) is 3. The van der Waals surface area contributed by atoms with Crippen molar-refractivity contribution < 1.29 is 14.6 Å². The zero-order chi connectivity index (χ0) is 14.5. The summed E-state index contributed by atoms with van der Waals surface area (Å²) in [4.78, 5) is 10.6. The predicted octanol–water partition coefficient (Wildman–Crippen LogP) is 2.58. The Balaban J connectivity index is 2.29. The summed E-state index contributed by atoms with van der Waals surface area (Å²) < 4.78 is 5.41. The van der Waals surface area contributed by atoms with Gasteiger partial charge in [0.25, 0.3) is 0 Å². The minimum absolute atomic E-state index is 0.0915. The largest absolute Gasteiger partial charge is 0.496 e. The van der Waals surface area contributed by atoms with Crippen LogP contribution in [0.25, 0.3) is 10.8 Å². The number of carbonyl (C=O) groups is 1. The van der Waals surface area contributed by atoms with Crippen LogP contribution in [0.1, 0.15) is 18.4 Å². The lowest BCUT2D eigenvalue weighted by molar-refractivity contribution is -0.137. The third-order valence-electron chi connectivity index (χ3n) is 3.41. The second-order valence-corrected chi connectivity index (χ2v) is 4.86. The van der Waals surface area contributed by atoms with Gasteiger partial charge in [-0.1, -0.05) is 30.3 Å². The van der Waals surface area contributed by atoms with Crippen LogP contribution in [-0.2, 0) is 11.2 Å². The number of fused-ring (bicyclic) bond motifs is 1. The Morgan fingerprint density at radius 2 is 2.05 bits per heavy atom. The van der Waals surface area contributed by atoms with Gasteiger partial charge in [-0.05, 0) is 29.7 Å². The predicted molar refractivity (Wildman–Crippen MR) is 79.0 cm³/mol. The summed E-state index contributed by atoms with van der Waals surface area (Å²) in [5, 5.41) is 11.0. The van der Waals surface area contributed by atoms with Crippen LogP contribution in [0.2, 0.25) is 0 Å². The molecule has 0 amide bonds. The highest BCUT2D eigenvalue weighted by molar-refractivity contribution is 5.87. The Morgan fingerprint density at radius 1 is 1.30 bits per heavy atom. The van der Waals surface area contributed by atoms with Gasteiger partial charge in [-0.3, -0.25) is 4.79 Å². The van der Waals surface area contributed by atoms with Crippen LogP contribution in [0, 0.1) is 0 Å². The number of methoxy groups -OCH3 is 1. The van der Waals surface area contributed by atoms with Crippen molar-refractivity contribution >= 4 is 16.7 Å². The maximum Gasteiger partial charge on any atom is 0.303 e. The number of ether oxygens (including phenoxy) is 1. The Kier molecular flexibility index (Phi) is 4.58. The van der Waals surface area contributed by atoms with E-state index in [2.05, 4.69) is 0 Å². The van der Waals surface area contributed by atoms with Gasteiger partial charge in [-0.15, -0.1) is 0 Å². The van der Waals surface area contributed by atoms with Crippen LogP contribution in [0.3, 0.4) is 0 Å². The summed E-state index contributed by atoms with van der Waals surface area (Å²) in [5.41, 5.74) is 7.09. The topological polar surface area (TPSA) is 72.5 Å². The van der Waals surface area contributed by atoms with Crippen LogP contribution in [-0.4, -0.2) is 24.2 Å². The van der Waals surface area contributed by atoms with Crippen LogP contribution in [0.15, 0.2) is 36.4 Å². The smallest absolute Gasteiger partial charge is 0.303 e. The fraction of sp³-hybridized carbons (Fsp3) is 0.312. The van der Waals surface area contributed by atoms with Gasteiger partial charge in [0.1, 0.15) is 5.75 Å². The Bertz CT molecular complexity index is 610. The molecule has 1 atom stereocenters. The molecule has 2 aromatic carbocycles. The van der Waals surface area contributed by atoms with E-state index in [1.807, 2.05) is 36.4 Å². The molecule has 1 unspecified atom stereocenters. The second-order valence-electron chi connectivity index (χ2n) is 4.86. The molecule has 3 N–H and O–H groups in total.